The molecule has 8 atom stereocenters. The van der Waals surface area contributed by atoms with E-state index in [9.17, 15) is 0 Å². The smallest absolute Gasteiger partial charge is 0.163 e. The quantitative estimate of drug-likeness (QED) is 0.179. The van der Waals surface area contributed by atoms with E-state index in [1.54, 1.807) is 0 Å². The summed E-state index contributed by atoms with van der Waals surface area (Å²) in [6.45, 7) is 2.46. The van der Waals surface area contributed by atoms with Gasteiger partial charge in [-0.1, -0.05) is 146 Å². The minimum atomic E-state index is -0.345. The predicted octanol–water partition coefficient (Wildman–Crippen LogP) is 13.0. The van der Waals surface area contributed by atoms with Gasteiger partial charge in [-0.2, -0.15) is 0 Å². The Morgan fingerprint density at radius 3 is 2.15 bits per heavy atom. The molecule has 6 aromatic carbocycles. The number of hydrogen-bond donors (Lipinski definition) is 0. The van der Waals surface area contributed by atoms with Crippen LogP contribution in [0.15, 0.2) is 158 Å². The fraction of sp³-hybridized carbons (Fsp3) is 0.255. The average Bonchev–Trinajstić information content (AvgIpc) is 3.70. The molecule has 2 heterocycles. The van der Waals surface area contributed by atoms with E-state index in [0.29, 0.717) is 11.8 Å². The monoisotopic (exact) mass is 763 g/mol. The van der Waals surface area contributed by atoms with Gasteiger partial charge in [0.15, 0.2) is 11.6 Å². The molecule has 0 amide bonds. The van der Waals surface area contributed by atoms with Gasteiger partial charge in [-0.3, -0.25) is 0 Å². The lowest BCUT2D eigenvalue weighted by Crippen LogP contribution is -2.37. The van der Waals surface area contributed by atoms with Crippen LogP contribution in [0, 0.1) is 29.6 Å². The van der Waals surface area contributed by atoms with Crippen LogP contribution in [0.5, 0.6) is 11.5 Å². The van der Waals surface area contributed by atoms with E-state index < -0.39 is 0 Å². The minimum Gasteiger partial charge on any atom is -0.457 e. The molecule has 7 aromatic rings. The van der Waals surface area contributed by atoms with Crippen molar-refractivity contribution in [1.82, 2.24) is 15.0 Å². The fourth-order valence-electron chi connectivity index (χ4n) is 13.1. The molecule has 0 radical (unpaired) electrons. The number of nitrogens with zero attached hydrogens (tertiary/aromatic N) is 3. The molecule has 1 spiro atoms. The third kappa shape index (κ3) is 4.86. The first kappa shape index (κ1) is 33.8. The number of hydrogen-bond acceptors (Lipinski definition) is 4. The lowest BCUT2D eigenvalue weighted by Gasteiger charge is -2.43. The van der Waals surface area contributed by atoms with Crippen molar-refractivity contribution < 1.29 is 4.74 Å². The highest BCUT2D eigenvalue weighted by Gasteiger charge is 2.59. The van der Waals surface area contributed by atoms with Crippen LogP contribution in [0.25, 0.3) is 44.7 Å². The fourth-order valence-corrected chi connectivity index (χ4v) is 13.1. The summed E-state index contributed by atoms with van der Waals surface area (Å²) in [6, 6.07) is 48.6. The van der Waals surface area contributed by atoms with Crippen LogP contribution in [-0.4, -0.2) is 15.0 Å². The average molecular weight is 764 g/mol. The van der Waals surface area contributed by atoms with Crippen LogP contribution in [-0.2, 0) is 10.8 Å². The van der Waals surface area contributed by atoms with Crippen molar-refractivity contribution in [2.24, 2.45) is 29.6 Å². The first-order chi connectivity index (χ1) is 29.0. The maximum absolute atomic E-state index is 6.85. The molecule has 2 bridgehead atoms. The van der Waals surface area contributed by atoms with Gasteiger partial charge in [0, 0.05) is 39.5 Å². The predicted molar refractivity (Wildman–Crippen MR) is 235 cm³/mol. The molecule has 286 valence electrons. The number of rotatable bonds is 4. The summed E-state index contributed by atoms with van der Waals surface area (Å²) >= 11 is 0. The summed E-state index contributed by atoms with van der Waals surface area (Å²) in [5.41, 5.74) is 9.26. The van der Waals surface area contributed by atoms with Crippen LogP contribution < -0.4 is 4.74 Å². The Bertz CT molecular complexity index is 2920. The van der Waals surface area contributed by atoms with Gasteiger partial charge in [0.25, 0.3) is 0 Å². The largest absolute Gasteiger partial charge is 0.457 e. The number of fused-ring (bicyclic) bond motifs is 11. The van der Waals surface area contributed by atoms with Crippen molar-refractivity contribution in [2.45, 2.75) is 55.8 Å². The van der Waals surface area contributed by atoms with Crippen molar-refractivity contribution in [3.05, 3.63) is 186 Å². The Morgan fingerprint density at radius 2 is 1.25 bits per heavy atom. The molecule has 0 saturated heterocycles. The topological polar surface area (TPSA) is 47.9 Å². The van der Waals surface area contributed by atoms with E-state index >= 15 is 0 Å². The molecule has 59 heavy (non-hydrogen) atoms. The van der Waals surface area contributed by atoms with Crippen LogP contribution in [0.4, 0.5) is 0 Å². The number of para-hydroxylation sites is 1. The Balaban J connectivity index is 0.907. The van der Waals surface area contributed by atoms with Crippen molar-refractivity contribution in [1.29, 1.82) is 0 Å². The highest BCUT2D eigenvalue weighted by atomic mass is 16.5. The summed E-state index contributed by atoms with van der Waals surface area (Å²) in [5, 5.41) is 2.43. The molecule has 3 fully saturated rings. The highest BCUT2D eigenvalue weighted by Crippen LogP contribution is 2.66. The van der Waals surface area contributed by atoms with Gasteiger partial charge in [-0.05, 0) is 107 Å². The van der Waals surface area contributed by atoms with E-state index in [1.165, 1.54) is 65.1 Å². The van der Waals surface area contributed by atoms with Gasteiger partial charge < -0.3 is 4.74 Å². The summed E-state index contributed by atoms with van der Waals surface area (Å²) < 4.78 is 6.85. The van der Waals surface area contributed by atoms with Crippen LogP contribution >= 0.6 is 0 Å². The van der Waals surface area contributed by atoms with Gasteiger partial charge >= 0.3 is 0 Å². The third-order valence-electron chi connectivity index (χ3n) is 15.5. The maximum atomic E-state index is 6.85. The molecule has 13 rings (SSSR count). The Kier molecular flexibility index (Phi) is 7.13. The summed E-state index contributed by atoms with van der Waals surface area (Å²) in [6.07, 6.45) is 15.6. The summed E-state index contributed by atoms with van der Waals surface area (Å²) in [4.78, 5) is 16.1. The molecule has 6 aliphatic rings. The Labute approximate surface area is 345 Å². The second-order valence-corrected chi connectivity index (χ2v) is 18.6. The first-order valence-corrected chi connectivity index (χ1v) is 21.8. The zero-order valence-electron chi connectivity index (χ0n) is 33.3. The van der Waals surface area contributed by atoms with Crippen molar-refractivity contribution in [3.63, 3.8) is 0 Å². The number of ether oxygens (including phenoxy) is 1. The number of aromatic nitrogens is 3. The standard InChI is InChI=1S/C55H45N3O/c1-33-26-40-28-41-31-54(30-33,32-44(40)41)53-57-51(56-52(58-53)39-23-20-34-10-2-3-11-37(34)27-39)36-21-18-35(19-22-36)38-24-25-48-50(29-38)59-49-17-9-8-16-47(49)55(48)45-14-6-4-12-42(45)43-13-5-7-15-46(43)55/h2-25,27,29,33,40-42,44-45H,26,28,30-32H2,1H3/t33-,40+,41?,42?,44?,45?,54?,55?/m1/s1. The minimum absolute atomic E-state index is 0.0197. The molecular formula is C55H45N3O. The molecule has 1 aromatic heterocycles. The Hall–Kier alpha value is -6.13. The molecule has 1 aliphatic heterocycles. The van der Waals surface area contributed by atoms with E-state index in [-0.39, 0.29) is 16.7 Å². The normalized spacial score (nSPS) is 28.9. The molecule has 4 nitrogen and oxygen atoms in total. The maximum Gasteiger partial charge on any atom is 0.163 e. The van der Waals surface area contributed by atoms with Gasteiger partial charge in [0.2, 0.25) is 0 Å². The molecule has 6 unspecified atom stereocenters. The van der Waals surface area contributed by atoms with Crippen molar-refractivity contribution in [3.8, 4) is 45.4 Å². The molecule has 4 heteroatoms. The SMILES string of the molecule is C[C@@H]1C[C@H]2CC3CC(c4nc(-c5ccc(-c6ccc7c(c6)Oc6ccccc6C76c7ccccc7C7C=CC=CC76)cc5)nc(-c5ccc6ccccc6c5)n4)(CC32)C1. The molecule has 3 saturated carbocycles. The van der Waals surface area contributed by atoms with Crippen LogP contribution in [0.2, 0.25) is 0 Å². The molecule has 5 aliphatic carbocycles. The van der Waals surface area contributed by atoms with Gasteiger partial charge in [-0.25, -0.2) is 15.0 Å². The van der Waals surface area contributed by atoms with E-state index in [1.807, 2.05) is 0 Å². The second kappa shape index (κ2) is 12.4. The number of benzene rings is 6. The van der Waals surface area contributed by atoms with Crippen LogP contribution in [0.3, 0.4) is 0 Å². The van der Waals surface area contributed by atoms with Gasteiger partial charge in [0.1, 0.15) is 17.3 Å². The zero-order chi connectivity index (χ0) is 38.9. The summed E-state index contributed by atoms with van der Waals surface area (Å²) in [5.74, 6) is 8.20. The van der Waals surface area contributed by atoms with Crippen molar-refractivity contribution in [2.75, 3.05) is 0 Å². The van der Waals surface area contributed by atoms with E-state index in [2.05, 4.69) is 165 Å². The van der Waals surface area contributed by atoms with Gasteiger partial charge in [-0.15, -0.1) is 0 Å². The van der Waals surface area contributed by atoms with E-state index in [4.69, 9.17) is 19.7 Å². The summed E-state index contributed by atoms with van der Waals surface area (Å²) in [7, 11) is 0. The molecule has 0 N–H and O–H groups in total. The lowest BCUT2D eigenvalue weighted by atomic mass is 9.62. The first-order valence-electron chi connectivity index (χ1n) is 21.8. The third-order valence-corrected chi connectivity index (χ3v) is 15.5. The van der Waals surface area contributed by atoms with Gasteiger partial charge in [0.05, 0.1) is 5.41 Å². The molecular weight excluding hydrogens is 719 g/mol. The zero-order valence-corrected chi connectivity index (χ0v) is 33.3. The lowest BCUT2D eigenvalue weighted by molar-refractivity contribution is 0.0777. The number of allylic oxidation sites excluding steroid dienone is 4. The Morgan fingerprint density at radius 1 is 0.542 bits per heavy atom. The second-order valence-electron chi connectivity index (χ2n) is 18.6. The highest BCUT2D eigenvalue weighted by molar-refractivity contribution is 5.86. The van der Waals surface area contributed by atoms with Crippen LogP contribution in [0.1, 0.15) is 73.0 Å². The van der Waals surface area contributed by atoms with E-state index in [0.717, 1.165) is 69.0 Å². The van der Waals surface area contributed by atoms with Crippen molar-refractivity contribution >= 4 is 10.8 Å².